The van der Waals surface area contributed by atoms with Gasteiger partial charge in [-0.25, -0.2) is 0 Å². The van der Waals surface area contributed by atoms with E-state index in [2.05, 4.69) is 81.1 Å². The van der Waals surface area contributed by atoms with Crippen molar-refractivity contribution in [3.63, 3.8) is 0 Å². The Morgan fingerprint density at radius 1 is 0.810 bits per heavy atom. The molecule has 1 aliphatic heterocycles. The molecule has 1 nitrogen and oxygen atoms in total. The molecule has 1 heterocycles. The first-order valence-corrected chi connectivity index (χ1v) is 7.97. The van der Waals surface area contributed by atoms with E-state index in [9.17, 15) is 0 Å². The van der Waals surface area contributed by atoms with Crippen molar-refractivity contribution in [3.8, 4) is 0 Å². The van der Waals surface area contributed by atoms with E-state index in [1.807, 2.05) is 0 Å². The van der Waals surface area contributed by atoms with Crippen molar-refractivity contribution in [1.29, 1.82) is 0 Å². The predicted octanol–water partition coefficient (Wildman–Crippen LogP) is 4.92. The molecular formula is C20H23N. The molecule has 2 aromatic carbocycles. The van der Waals surface area contributed by atoms with E-state index in [1.165, 1.54) is 22.4 Å². The van der Waals surface area contributed by atoms with E-state index >= 15 is 0 Å². The molecule has 0 saturated carbocycles. The van der Waals surface area contributed by atoms with Gasteiger partial charge in [0, 0.05) is 29.1 Å². The van der Waals surface area contributed by atoms with Gasteiger partial charge in [-0.3, -0.25) is 0 Å². The summed E-state index contributed by atoms with van der Waals surface area (Å²) >= 11 is 0. The van der Waals surface area contributed by atoms with Crippen molar-refractivity contribution < 1.29 is 0 Å². The van der Waals surface area contributed by atoms with Crippen molar-refractivity contribution in [3.05, 3.63) is 65.2 Å². The predicted molar refractivity (Wildman–Crippen MR) is 89.2 cm³/mol. The van der Waals surface area contributed by atoms with E-state index < -0.39 is 0 Å². The van der Waals surface area contributed by atoms with Crippen LogP contribution in [0.1, 0.15) is 56.2 Å². The molecule has 0 bridgehead atoms. The van der Waals surface area contributed by atoms with Crippen LogP contribution in [0, 0.1) is 0 Å². The van der Waals surface area contributed by atoms with Crippen LogP contribution >= 0.6 is 0 Å². The molecule has 21 heavy (non-hydrogen) atoms. The highest BCUT2D eigenvalue weighted by Gasteiger charge is 2.50. The molecule has 1 aliphatic carbocycles. The van der Waals surface area contributed by atoms with Crippen molar-refractivity contribution in [2.75, 3.05) is 4.90 Å². The van der Waals surface area contributed by atoms with Crippen LogP contribution in [0.2, 0.25) is 0 Å². The van der Waals surface area contributed by atoms with Gasteiger partial charge in [0.05, 0.1) is 0 Å². The standard InChI is InChI=1S/C20H23N/c1-13-14-9-5-6-10-15(14)18-16-11-7-8-12-17(16)21(19(13)18)20(2,3)4/h5-13,18-19H,1-4H3. The Balaban J connectivity index is 1.97. The van der Waals surface area contributed by atoms with Gasteiger partial charge >= 0.3 is 0 Å². The van der Waals surface area contributed by atoms with Crippen molar-refractivity contribution in [2.45, 2.75) is 51.1 Å². The molecule has 0 spiro atoms. The lowest BCUT2D eigenvalue weighted by molar-refractivity contribution is 0.419. The Morgan fingerprint density at radius 3 is 2.05 bits per heavy atom. The van der Waals surface area contributed by atoms with Crippen LogP contribution in [0.3, 0.4) is 0 Å². The highest BCUT2D eigenvalue weighted by atomic mass is 15.3. The van der Waals surface area contributed by atoms with Gasteiger partial charge in [-0.05, 0) is 43.5 Å². The maximum atomic E-state index is 2.66. The first kappa shape index (κ1) is 12.9. The van der Waals surface area contributed by atoms with Crippen LogP contribution in [0.5, 0.6) is 0 Å². The zero-order valence-electron chi connectivity index (χ0n) is 13.3. The average Bonchev–Trinajstić information content (AvgIpc) is 2.93. The number of hydrogen-bond acceptors (Lipinski definition) is 1. The van der Waals surface area contributed by atoms with Gasteiger partial charge in [0.15, 0.2) is 0 Å². The second-order valence-corrected chi connectivity index (χ2v) is 7.49. The normalized spacial score (nSPS) is 26.5. The van der Waals surface area contributed by atoms with Crippen molar-refractivity contribution in [2.24, 2.45) is 0 Å². The van der Waals surface area contributed by atoms with Gasteiger partial charge in [0.1, 0.15) is 0 Å². The fraction of sp³-hybridized carbons (Fsp3) is 0.400. The molecule has 2 aromatic rings. The monoisotopic (exact) mass is 277 g/mol. The molecule has 0 radical (unpaired) electrons. The molecule has 3 unspecified atom stereocenters. The minimum absolute atomic E-state index is 0.145. The zero-order chi connectivity index (χ0) is 14.8. The van der Waals surface area contributed by atoms with Crippen molar-refractivity contribution >= 4 is 5.69 Å². The molecular weight excluding hydrogens is 254 g/mol. The molecule has 0 saturated heterocycles. The van der Waals surface area contributed by atoms with Gasteiger partial charge < -0.3 is 4.90 Å². The first-order chi connectivity index (χ1) is 10.00. The fourth-order valence-corrected chi connectivity index (χ4v) is 4.53. The highest BCUT2D eigenvalue weighted by Crippen LogP contribution is 2.56. The highest BCUT2D eigenvalue weighted by molar-refractivity contribution is 5.70. The summed E-state index contributed by atoms with van der Waals surface area (Å²) in [6.45, 7) is 9.40. The first-order valence-electron chi connectivity index (χ1n) is 7.97. The van der Waals surface area contributed by atoms with Gasteiger partial charge in [0.25, 0.3) is 0 Å². The Labute approximate surface area is 127 Å². The van der Waals surface area contributed by atoms with Crippen LogP contribution in [0.15, 0.2) is 48.5 Å². The molecule has 4 rings (SSSR count). The van der Waals surface area contributed by atoms with Gasteiger partial charge in [-0.1, -0.05) is 49.4 Å². The van der Waals surface area contributed by atoms with E-state index in [0.717, 1.165) is 0 Å². The number of nitrogens with zero attached hydrogens (tertiary/aromatic N) is 1. The smallest absolute Gasteiger partial charge is 0.0471 e. The SMILES string of the molecule is CC1c2ccccc2C2c3ccccc3N(C(C)(C)C)C12. The molecule has 1 heteroatoms. The van der Waals surface area contributed by atoms with Gasteiger partial charge in [-0.2, -0.15) is 0 Å². The van der Waals surface area contributed by atoms with E-state index in [4.69, 9.17) is 0 Å². The Bertz CT molecular complexity index is 695. The summed E-state index contributed by atoms with van der Waals surface area (Å²) < 4.78 is 0. The minimum Gasteiger partial charge on any atom is -0.362 e. The van der Waals surface area contributed by atoms with E-state index in [1.54, 1.807) is 0 Å². The average molecular weight is 277 g/mol. The lowest BCUT2D eigenvalue weighted by atomic mass is 9.91. The summed E-state index contributed by atoms with van der Waals surface area (Å²) in [5, 5.41) is 0. The zero-order valence-corrected chi connectivity index (χ0v) is 13.3. The molecule has 0 fully saturated rings. The van der Waals surface area contributed by atoms with Crippen LogP contribution in [0.4, 0.5) is 5.69 Å². The maximum absolute atomic E-state index is 2.66. The summed E-state index contributed by atoms with van der Waals surface area (Å²) in [6.07, 6.45) is 0. The van der Waals surface area contributed by atoms with Gasteiger partial charge in [0.2, 0.25) is 0 Å². The lowest BCUT2D eigenvalue weighted by Crippen LogP contribution is -2.48. The van der Waals surface area contributed by atoms with Crippen molar-refractivity contribution in [1.82, 2.24) is 0 Å². The number of anilines is 1. The summed E-state index contributed by atoms with van der Waals surface area (Å²) in [5.41, 5.74) is 6.16. The summed E-state index contributed by atoms with van der Waals surface area (Å²) in [6, 6.07) is 18.6. The van der Waals surface area contributed by atoms with Crippen LogP contribution < -0.4 is 4.90 Å². The summed E-state index contributed by atoms with van der Waals surface area (Å²) in [5.74, 6) is 1.12. The maximum Gasteiger partial charge on any atom is 0.0471 e. The second kappa shape index (κ2) is 4.13. The largest absolute Gasteiger partial charge is 0.362 e. The summed E-state index contributed by atoms with van der Waals surface area (Å²) in [4.78, 5) is 2.66. The topological polar surface area (TPSA) is 3.24 Å². The molecule has 2 aliphatic rings. The quantitative estimate of drug-likeness (QED) is 0.660. The molecule has 0 N–H and O–H groups in total. The van der Waals surface area contributed by atoms with E-state index in [0.29, 0.717) is 17.9 Å². The van der Waals surface area contributed by atoms with Crippen LogP contribution in [0.25, 0.3) is 0 Å². The Morgan fingerprint density at radius 2 is 1.38 bits per heavy atom. The molecule has 0 amide bonds. The number of para-hydroxylation sites is 1. The number of rotatable bonds is 0. The third kappa shape index (κ3) is 1.64. The number of fused-ring (bicyclic) bond motifs is 5. The Hall–Kier alpha value is -1.76. The lowest BCUT2D eigenvalue weighted by Gasteiger charge is -2.41. The fourth-order valence-electron chi connectivity index (χ4n) is 4.53. The number of hydrogen-bond donors (Lipinski definition) is 0. The molecule has 108 valence electrons. The van der Waals surface area contributed by atoms with Crippen LogP contribution in [-0.2, 0) is 0 Å². The van der Waals surface area contributed by atoms with E-state index in [-0.39, 0.29) is 5.54 Å². The third-order valence-electron chi connectivity index (χ3n) is 5.23. The summed E-state index contributed by atoms with van der Waals surface area (Å²) in [7, 11) is 0. The van der Waals surface area contributed by atoms with Gasteiger partial charge in [-0.15, -0.1) is 0 Å². The second-order valence-electron chi connectivity index (χ2n) is 7.49. The van der Waals surface area contributed by atoms with Crippen LogP contribution in [-0.4, -0.2) is 11.6 Å². The third-order valence-corrected chi connectivity index (χ3v) is 5.23. The Kier molecular flexibility index (Phi) is 2.54. The molecule has 3 atom stereocenters. The number of benzene rings is 2. The molecule has 0 aromatic heterocycles. The minimum atomic E-state index is 0.145.